The Morgan fingerprint density at radius 2 is 2.36 bits per heavy atom. The van der Waals surface area contributed by atoms with Gasteiger partial charge in [0.2, 0.25) is 11.0 Å². The van der Waals surface area contributed by atoms with Crippen molar-refractivity contribution < 1.29 is 9.53 Å². The molecule has 1 unspecified atom stereocenters. The van der Waals surface area contributed by atoms with E-state index in [1.165, 1.54) is 23.1 Å². The first-order chi connectivity index (χ1) is 10.7. The van der Waals surface area contributed by atoms with E-state index in [4.69, 9.17) is 4.74 Å². The molecule has 0 radical (unpaired) electrons. The van der Waals surface area contributed by atoms with Crippen LogP contribution in [0.15, 0.2) is 21.9 Å². The van der Waals surface area contributed by atoms with Gasteiger partial charge in [-0.15, -0.1) is 21.5 Å². The summed E-state index contributed by atoms with van der Waals surface area (Å²) in [4.78, 5) is 13.2. The SMILES string of the molecule is COCCNc1nnc(SC(C)C(=O)NCc2cccs2)s1. The smallest absolute Gasteiger partial charge is 0.233 e. The third kappa shape index (κ3) is 5.56. The van der Waals surface area contributed by atoms with Crippen LogP contribution in [0.4, 0.5) is 5.13 Å². The highest BCUT2D eigenvalue weighted by Crippen LogP contribution is 2.28. The fraction of sp³-hybridized carbons (Fsp3) is 0.462. The summed E-state index contributed by atoms with van der Waals surface area (Å²) in [5, 5.41) is 16.7. The molecule has 0 aliphatic rings. The molecule has 2 rings (SSSR count). The third-order valence-electron chi connectivity index (χ3n) is 2.65. The van der Waals surface area contributed by atoms with Crippen molar-refractivity contribution >= 4 is 45.5 Å². The van der Waals surface area contributed by atoms with Gasteiger partial charge in [0.05, 0.1) is 18.4 Å². The Balaban J connectivity index is 1.75. The molecule has 1 amide bonds. The van der Waals surface area contributed by atoms with Crippen LogP contribution < -0.4 is 10.6 Å². The lowest BCUT2D eigenvalue weighted by Gasteiger charge is -2.09. The van der Waals surface area contributed by atoms with E-state index in [1.54, 1.807) is 18.4 Å². The number of thiophene rings is 1. The summed E-state index contributed by atoms with van der Waals surface area (Å²) in [5.74, 6) is 0.00231. The monoisotopic (exact) mass is 358 g/mol. The average molecular weight is 359 g/mol. The Kier molecular flexibility index (Phi) is 7.10. The molecule has 2 N–H and O–H groups in total. The third-order valence-corrected chi connectivity index (χ3v) is 5.59. The van der Waals surface area contributed by atoms with Crippen LogP contribution in [0.25, 0.3) is 0 Å². The van der Waals surface area contributed by atoms with Crippen LogP contribution in [-0.2, 0) is 16.1 Å². The zero-order valence-electron chi connectivity index (χ0n) is 12.4. The lowest BCUT2D eigenvalue weighted by Crippen LogP contribution is -2.30. The fourth-order valence-electron chi connectivity index (χ4n) is 1.52. The van der Waals surface area contributed by atoms with Crippen molar-refractivity contribution in [2.45, 2.75) is 23.1 Å². The minimum absolute atomic E-state index is 0.00231. The van der Waals surface area contributed by atoms with Gasteiger partial charge in [-0.1, -0.05) is 29.2 Å². The second-order valence-corrected chi connectivity index (χ2v) is 7.95. The molecule has 6 nitrogen and oxygen atoms in total. The molecule has 0 bridgehead atoms. The molecular weight excluding hydrogens is 340 g/mol. The van der Waals surface area contributed by atoms with Crippen LogP contribution in [0, 0.1) is 0 Å². The number of amides is 1. The Bertz CT molecular complexity index is 574. The van der Waals surface area contributed by atoms with E-state index < -0.39 is 0 Å². The molecular formula is C13H18N4O2S3. The second kappa shape index (κ2) is 9.09. The molecule has 22 heavy (non-hydrogen) atoms. The molecule has 2 heterocycles. The van der Waals surface area contributed by atoms with E-state index in [-0.39, 0.29) is 11.2 Å². The van der Waals surface area contributed by atoms with Gasteiger partial charge in [-0.3, -0.25) is 4.79 Å². The van der Waals surface area contributed by atoms with Gasteiger partial charge in [0, 0.05) is 18.5 Å². The molecule has 0 saturated heterocycles. The molecule has 9 heteroatoms. The Hall–Kier alpha value is -1.16. The Morgan fingerprint density at radius 1 is 1.50 bits per heavy atom. The van der Waals surface area contributed by atoms with Crippen molar-refractivity contribution in [2.75, 3.05) is 25.6 Å². The van der Waals surface area contributed by atoms with Gasteiger partial charge < -0.3 is 15.4 Å². The number of anilines is 1. The first kappa shape index (κ1) is 17.2. The largest absolute Gasteiger partial charge is 0.383 e. The zero-order chi connectivity index (χ0) is 15.8. The van der Waals surface area contributed by atoms with Crippen LogP contribution in [0.5, 0.6) is 0 Å². The highest BCUT2D eigenvalue weighted by atomic mass is 32.2. The van der Waals surface area contributed by atoms with Crippen molar-refractivity contribution in [3.05, 3.63) is 22.4 Å². The van der Waals surface area contributed by atoms with Crippen molar-refractivity contribution in [1.29, 1.82) is 0 Å². The van der Waals surface area contributed by atoms with Crippen LogP contribution in [0.3, 0.4) is 0 Å². The number of ether oxygens (including phenoxy) is 1. The second-order valence-electron chi connectivity index (χ2n) is 4.35. The topological polar surface area (TPSA) is 76.1 Å². The zero-order valence-corrected chi connectivity index (χ0v) is 14.8. The maximum atomic E-state index is 12.1. The minimum Gasteiger partial charge on any atom is -0.383 e. The maximum Gasteiger partial charge on any atom is 0.233 e. The van der Waals surface area contributed by atoms with Gasteiger partial charge in [-0.05, 0) is 18.4 Å². The van der Waals surface area contributed by atoms with Crippen LogP contribution in [0.1, 0.15) is 11.8 Å². The van der Waals surface area contributed by atoms with Gasteiger partial charge in [0.1, 0.15) is 0 Å². The molecule has 2 aromatic rings. The summed E-state index contributed by atoms with van der Waals surface area (Å²) in [6.45, 7) is 3.74. The summed E-state index contributed by atoms with van der Waals surface area (Å²) in [6.07, 6.45) is 0. The molecule has 0 fully saturated rings. The number of carbonyl (C=O) groups is 1. The Labute approximate surface area is 141 Å². The summed E-state index contributed by atoms with van der Waals surface area (Å²) < 4.78 is 5.74. The summed E-state index contributed by atoms with van der Waals surface area (Å²) in [7, 11) is 1.65. The fourth-order valence-corrected chi connectivity index (χ4v) is 4.12. The molecule has 1 atom stereocenters. The van der Waals surface area contributed by atoms with E-state index in [1.807, 2.05) is 24.4 Å². The predicted molar refractivity (Wildman–Crippen MR) is 91.8 cm³/mol. The molecule has 2 aromatic heterocycles. The summed E-state index contributed by atoms with van der Waals surface area (Å²) in [6, 6.07) is 3.98. The predicted octanol–water partition coefficient (Wildman–Crippen LogP) is 2.45. The van der Waals surface area contributed by atoms with Crippen molar-refractivity contribution in [2.24, 2.45) is 0 Å². The van der Waals surface area contributed by atoms with Crippen LogP contribution >= 0.6 is 34.4 Å². The van der Waals surface area contributed by atoms with Crippen molar-refractivity contribution in [1.82, 2.24) is 15.5 Å². The number of thioether (sulfide) groups is 1. The first-order valence-electron chi connectivity index (χ1n) is 6.72. The summed E-state index contributed by atoms with van der Waals surface area (Å²) >= 11 is 4.49. The molecule has 0 aromatic carbocycles. The van der Waals surface area contributed by atoms with E-state index in [9.17, 15) is 4.79 Å². The standard InChI is InChI=1S/C13H18N4O2S3/c1-9(11(18)15-8-10-4-3-7-20-10)21-13-17-16-12(22-13)14-5-6-19-2/h3-4,7,9H,5-6,8H2,1-2H3,(H,14,16)(H,15,18). The Morgan fingerprint density at radius 3 is 3.09 bits per heavy atom. The van der Waals surface area contributed by atoms with E-state index >= 15 is 0 Å². The number of hydrogen-bond acceptors (Lipinski definition) is 8. The molecule has 0 saturated carbocycles. The van der Waals surface area contributed by atoms with Gasteiger partial charge in [-0.25, -0.2) is 0 Å². The lowest BCUT2D eigenvalue weighted by atomic mass is 10.4. The first-order valence-corrected chi connectivity index (χ1v) is 9.29. The molecule has 0 spiro atoms. The van der Waals surface area contributed by atoms with Crippen LogP contribution in [-0.4, -0.2) is 41.6 Å². The highest BCUT2D eigenvalue weighted by Gasteiger charge is 2.17. The van der Waals surface area contributed by atoms with Gasteiger partial charge >= 0.3 is 0 Å². The summed E-state index contributed by atoms with van der Waals surface area (Å²) in [5.41, 5.74) is 0. The number of carbonyl (C=O) groups excluding carboxylic acids is 1. The van der Waals surface area contributed by atoms with E-state index in [2.05, 4.69) is 20.8 Å². The van der Waals surface area contributed by atoms with E-state index in [0.29, 0.717) is 19.7 Å². The normalized spacial score (nSPS) is 12.1. The van der Waals surface area contributed by atoms with Crippen molar-refractivity contribution in [3.63, 3.8) is 0 Å². The number of nitrogens with zero attached hydrogens (tertiary/aromatic N) is 2. The molecule has 120 valence electrons. The number of nitrogens with one attached hydrogen (secondary N) is 2. The maximum absolute atomic E-state index is 12.1. The minimum atomic E-state index is -0.209. The number of aromatic nitrogens is 2. The molecule has 0 aliphatic heterocycles. The van der Waals surface area contributed by atoms with Gasteiger partial charge in [0.25, 0.3) is 0 Å². The lowest BCUT2D eigenvalue weighted by molar-refractivity contribution is -0.120. The quantitative estimate of drug-likeness (QED) is 0.530. The van der Waals surface area contributed by atoms with Gasteiger partial charge in [-0.2, -0.15) is 0 Å². The highest BCUT2D eigenvalue weighted by molar-refractivity contribution is 8.02. The van der Waals surface area contributed by atoms with Crippen molar-refractivity contribution in [3.8, 4) is 0 Å². The van der Waals surface area contributed by atoms with Crippen LogP contribution in [0.2, 0.25) is 0 Å². The van der Waals surface area contributed by atoms with Gasteiger partial charge in [0.15, 0.2) is 4.34 Å². The molecule has 0 aliphatic carbocycles. The van der Waals surface area contributed by atoms with E-state index in [0.717, 1.165) is 14.3 Å². The number of hydrogen-bond donors (Lipinski definition) is 2. The number of methoxy groups -OCH3 is 1. The number of rotatable bonds is 9. The average Bonchev–Trinajstić information content (AvgIpc) is 3.17.